The van der Waals surface area contributed by atoms with Crippen molar-refractivity contribution >= 4 is 24.0 Å². The second-order valence-corrected chi connectivity index (χ2v) is 3.52. The fourth-order valence-corrected chi connectivity index (χ4v) is 1.41. The molecular weight excluding hydrogens is 233 g/mol. The quantitative estimate of drug-likeness (QED) is 0.784. The van der Waals surface area contributed by atoms with Gasteiger partial charge in [-0.05, 0) is 24.6 Å². The van der Waals surface area contributed by atoms with Gasteiger partial charge in [-0.15, -0.1) is 12.4 Å². The lowest BCUT2D eigenvalue weighted by Gasteiger charge is -2.05. The summed E-state index contributed by atoms with van der Waals surface area (Å²) in [4.78, 5) is 0. The van der Waals surface area contributed by atoms with Gasteiger partial charge in [0.2, 0.25) is 0 Å². The lowest BCUT2D eigenvalue weighted by Crippen LogP contribution is -2.16. The van der Waals surface area contributed by atoms with Gasteiger partial charge in [-0.3, -0.25) is 0 Å². The molecular formula is C11H17Cl2NO. The van der Waals surface area contributed by atoms with Crippen molar-refractivity contribution in [3.05, 3.63) is 34.9 Å². The molecule has 0 bridgehead atoms. The molecule has 4 heteroatoms. The van der Waals surface area contributed by atoms with Gasteiger partial charge in [0.25, 0.3) is 0 Å². The predicted octanol–water partition coefficient (Wildman–Crippen LogP) is 2.89. The van der Waals surface area contributed by atoms with Gasteiger partial charge in [0.15, 0.2) is 0 Å². The number of rotatable bonds is 6. The molecule has 0 unspecified atom stereocenters. The number of methoxy groups -OCH3 is 1. The Labute approximate surface area is 102 Å². The lowest BCUT2D eigenvalue weighted by molar-refractivity contribution is 0.194. The molecule has 0 aliphatic rings. The van der Waals surface area contributed by atoms with Gasteiger partial charge < -0.3 is 10.1 Å². The van der Waals surface area contributed by atoms with Crippen molar-refractivity contribution in [2.45, 2.75) is 13.0 Å². The van der Waals surface area contributed by atoms with Crippen LogP contribution in [0.25, 0.3) is 0 Å². The van der Waals surface area contributed by atoms with Crippen LogP contribution in [0.1, 0.15) is 12.0 Å². The van der Waals surface area contributed by atoms with Crippen LogP contribution in [-0.4, -0.2) is 20.3 Å². The van der Waals surface area contributed by atoms with Crippen molar-refractivity contribution in [3.8, 4) is 0 Å². The molecule has 0 radical (unpaired) electrons. The number of hydrogen-bond acceptors (Lipinski definition) is 2. The van der Waals surface area contributed by atoms with Crippen molar-refractivity contribution in [2.24, 2.45) is 0 Å². The highest BCUT2D eigenvalue weighted by molar-refractivity contribution is 6.31. The van der Waals surface area contributed by atoms with Crippen molar-refractivity contribution in [1.29, 1.82) is 0 Å². The second kappa shape index (κ2) is 8.98. The van der Waals surface area contributed by atoms with Gasteiger partial charge in [-0.1, -0.05) is 29.8 Å². The van der Waals surface area contributed by atoms with Gasteiger partial charge >= 0.3 is 0 Å². The van der Waals surface area contributed by atoms with Crippen LogP contribution in [0.15, 0.2) is 24.3 Å². The van der Waals surface area contributed by atoms with Crippen LogP contribution in [0.3, 0.4) is 0 Å². The third kappa shape index (κ3) is 6.00. The molecule has 0 fully saturated rings. The first-order valence-corrected chi connectivity index (χ1v) is 5.15. The molecule has 1 aromatic rings. The zero-order valence-corrected chi connectivity index (χ0v) is 10.4. The first kappa shape index (κ1) is 14.7. The first-order chi connectivity index (χ1) is 6.84. The van der Waals surface area contributed by atoms with Crippen molar-refractivity contribution in [3.63, 3.8) is 0 Å². The maximum Gasteiger partial charge on any atom is 0.0474 e. The molecule has 86 valence electrons. The zero-order chi connectivity index (χ0) is 10.2. The molecule has 1 aromatic carbocycles. The molecule has 0 aromatic heterocycles. The van der Waals surface area contributed by atoms with Crippen molar-refractivity contribution < 1.29 is 4.74 Å². The minimum atomic E-state index is 0. The number of nitrogens with one attached hydrogen (secondary N) is 1. The van der Waals surface area contributed by atoms with Crippen LogP contribution < -0.4 is 5.32 Å². The number of halogens is 2. The summed E-state index contributed by atoms with van der Waals surface area (Å²) in [6.45, 7) is 2.58. The standard InChI is InChI=1S/C11H16ClNO.ClH/c1-14-8-4-7-13-9-10-5-2-3-6-11(10)12;/h2-3,5-6,13H,4,7-9H2,1H3;1H. The summed E-state index contributed by atoms with van der Waals surface area (Å²) in [5, 5.41) is 4.14. The fraction of sp³-hybridized carbons (Fsp3) is 0.455. The summed E-state index contributed by atoms with van der Waals surface area (Å²) < 4.78 is 4.95. The summed E-state index contributed by atoms with van der Waals surface area (Å²) in [7, 11) is 1.72. The Morgan fingerprint density at radius 3 is 2.73 bits per heavy atom. The Bertz CT molecular complexity index is 269. The zero-order valence-electron chi connectivity index (χ0n) is 8.83. The molecule has 1 rings (SSSR count). The van der Waals surface area contributed by atoms with E-state index in [0.29, 0.717) is 0 Å². The van der Waals surface area contributed by atoms with Crippen LogP contribution in [0.2, 0.25) is 5.02 Å². The number of hydrogen-bond donors (Lipinski definition) is 1. The molecule has 0 heterocycles. The maximum atomic E-state index is 6.00. The van der Waals surface area contributed by atoms with E-state index in [4.69, 9.17) is 16.3 Å². The third-order valence-electron chi connectivity index (χ3n) is 1.98. The summed E-state index contributed by atoms with van der Waals surface area (Å²) >= 11 is 6.00. The molecule has 15 heavy (non-hydrogen) atoms. The molecule has 2 nitrogen and oxygen atoms in total. The average molecular weight is 250 g/mol. The van der Waals surface area contributed by atoms with E-state index in [1.807, 2.05) is 24.3 Å². The largest absolute Gasteiger partial charge is 0.385 e. The Morgan fingerprint density at radius 1 is 1.33 bits per heavy atom. The van der Waals surface area contributed by atoms with Crippen LogP contribution in [-0.2, 0) is 11.3 Å². The topological polar surface area (TPSA) is 21.3 Å². The van der Waals surface area contributed by atoms with E-state index in [2.05, 4.69) is 5.32 Å². The Kier molecular flexibility index (Phi) is 8.82. The summed E-state index contributed by atoms with van der Waals surface area (Å²) in [6, 6.07) is 7.88. The van der Waals surface area contributed by atoms with Crippen molar-refractivity contribution in [1.82, 2.24) is 5.32 Å². The normalized spacial score (nSPS) is 9.73. The third-order valence-corrected chi connectivity index (χ3v) is 2.34. The Hall–Kier alpha value is -0.280. The van der Waals surface area contributed by atoms with E-state index >= 15 is 0 Å². The molecule has 0 saturated heterocycles. The summed E-state index contributed by atoms with van der Waals surface area (Å²) in [5.74, 6) is 0. The van der Waals surface area contributed by atoms with Crippen molar-refractivity contribution in [2.75, 3.05) is 20.3 Å². The highest BCUT2D eigenvalue weighted by Crippen LogP contribution is 2.13. The smallest absolute Gasteiger partial charge is 0.0474 e. The first-order valence-electron chi connectivity index (χ1n) is 4.77. The number of benzene rings is 1. The molecule has 0 aliphatic heterocycles. The fourth-order valence-electron chi connectivity index (χ4n) is 1.21. The van der Waals surface area contributed by atoms with E-state index in [9.17, 15) is 0 Å². The van der Waals surface area contributed by atoms with Gasteiger partial charge in [0.1, 0.15) is 0 Å². The summed E-state index contributed by atoms with van der Waals surface area (Å²) in [6.07, 6.45) is 1.03. The van der Waals surface area contributed by atoms with E-state index in [0.717, 1.165) is 36.7 Å². The molecule has 0 amide bonds. The van der Waals surface area contributed by atoms with E-state index in [-0.39, 0.29) is 12.4 Å². The van der Waals surface area contributed by atoms with Gasteiger partial charge in [0.05, 0.1) is 0 Å². The number of ether oxygens (including phenoxy) is 1. The van der Waals surface area contributed by atoms with Gasteiger partial charge in [-0.25, -0.2) is 0 Å². The monoisotopic (exact) mass is 249 g/mol. The summed E-state index contributed by atoms with van der Waals surface area (Å²) in [5.41, 5.74) is 1.14. The SMILES string of the molecule is COCCCNCc1ccccc1Cl.Cl. The highest BCUT2D eigenvalue weighted by Gasteiger charge is 1.96. The Morgan fingerprint density at radius 2 is 2.07 bits per heavy atom. The predicted molar refractivity (Wildman–Crippen MR) is 66.9 cm³/mol. The van der Waals surface area contributed by atoms with Gasteiger partial charge in [-0.2, -0.15) is 0 Å². The van der Waals surface area contributed by atoms with E-state index < -0.39 is 0 Å². The molecule has 0 aliphatic carbocycles. The van der Waals surface area contributed by atoms with Crippen LogP contribution >= 0.6 is 24.0 Å². The Balaban J connectivity index is 0.00000196. The van der Waals surface area contributed by atoms with E-state index in [1.165, 1.54) is 0 Å². The molecule has 0 saturated carbocycles. The molecule has 0 atom stereocenters. The van der Waals surface area contributed by atoms with Gasteiger partial charge in [0, 0.05) is 25.3 Å². The minimum Gasteiger partial charge on any atom is -0.385 e. The highest BCUT2D eigenvalue weighted by atomic mass is 35.5. The van der Waals surface area contributed by atoms with Crippen LogP contribution in [0.4, 0.5) is 0 Å². The van der Waals surface area contributed by atoms with Crippen LogP contribution in [0, 0.1) is 0 Å². The maximum absolute atomic E-state index is 6.00. The lowest BCUT2D eigenvalue weighted by atomic mass is 10.2. The minimum absolute atomic E-state index is 0. The molecule has 0 spiro atoms. The van der Waals surface area contributed by atoms with Crippen LogP contribution in [0.5, 0.6) is 0 Å². The second-order valence-electron chi connectivity index (χ2n) is 3.11. The molecule has 1 N–H and O–H groups in total. The average Bonchev–Trinajstić information content (AvgIpc) is 2.20. The van der Waals surface area contributed by atoms with E-state index in [1.54, 1.807) is 7.11 Å².